The molecule has 0 bridgehead atoms. The number of aromatic nitrogens is 1. The summed E-state index contributed by atoms with van der Waals surface area (Å²) in [7, 11) is 0. The summed E-state index contributed by atoms with van der Waals surface area (Å²) in [5.41, 5.74) is 5.76. The van der Waals surface area contributed by atoms with E-state index >= 15 is 0 Å². The van der Waals surface area contributed by atoms with Crippen LogP contribution in [-0.2, 0) is 11.2 Å². The quantitative estimate of drug-likeness (QED) is 0.310. The number of H-pyrrole nitrogens is 1. The van der Waals surface area contributed by atoms with Gasteiger partial charge in [0.2, 0.25) is 0 Å². The molecule has 7 nitrogen and oxygen atoms in total. The van der Waals surface area contributed by atoms with E-state index in [1.165, 1.54) is 10.5 Å². The van der Waals surface area contributed by atoms with E-state index < -0.39 is 18.1 Å². The third-order valence-corrected chi connectivity index (χ3v) is 7.89. The minimum atomic E-state index is -0.675. The Balaban J connectivity index is 1.48. The zero-order chi connectivity index (χ0) is 27.3. The van der Waals surface area contributed by atoms with Crippen molar-refractivity contribution in [3.05, 3.63) is 101 Å². The molecule has 198 valence electrons. The van der Waals surface area contributed by atoms with Crippen LogP contribution in [0.4, 0.5) is 10.5 Å². The van der Waals surface area contributed by atoms with Crippen molar-refractivity contribution in [3.63, 3.8) is 0 Å². The molecule has 6 rings (SSSR count). The lowest BCUT2D eigenvalue weighted by molar-refractivity contribution is -0.120. The largest absolute Gasteiger partial charge is 0.356 e. The van der Waals surface area contributed by atoms with Crippen LogP contribution in [0, 0.1) is 0 Å². The van der Waals surface area contributed by atoms with Gasteiger partial charge in [0.15, 0.2) is 0 Å². The Morgan fingerprint density at radius 1 is 1.00 bits per heavy atom. The molecule has 0 radical (unpaired) electrons. The molecule has 3 heterocycles. The lowest BCUT2D eigenvalue weighted by atomic mass is 9.88. The van der Waals surface area contributed by atoms with Gasteiger partial charge in [0.05, 0.1) is 11.3 Å². The molecule has 39 heavy (non-hydrogen) atoms. The van der Waals surface area contributed by atoms with E-state index in [4.69, 9.17) is 0 Å². The highest BCUT2D eigenvalue weighted by Gasteiger charge is 2.53. The van der Waals surface area contributed by atoms with Crippen molar-refractivity contribution in [3.8, 4) is 0 Å². The van der Waals surface area contributed by atoms with Crippen LogP contribution in [0.2, 0.25) is 0 Å². The normalized spacial score (nSPS) is 18.6. The van der Waals surface area contributed by atoms with Crippen LogP contribution in [-0.4, -0.2) is 40.3 Å². The van der Waals surface area contributed by atoms with E-state index in [0.29, 0.717) is 30.1 Å². The average molecular weight is 521 g/mol. The fourth-order valence-electron chi connectivity index (χ4n) is 5.90. The number of hydrogen-bond donors (Lipinski definition) is 2. The van der Waals surface area contributed by atoms with E-state index in [0.717, 1.165) is 34.1 Å². The van der Waals surface area contributed by atoms with Crippen molar-refractivity contribution in [2.45, 2.75) is 51.6 Å². The van der Waals surface area contributed by atoms with Crippen molar-refractivity contribution in [1.82, 2.24) is 15.2 Å². The van der Waals surface area contributed by atoms with Gasteiger partial charge in [0, 0.05) is 29.6 Å². The molecule has 4 amide bonds. The molecule has 0 saturated carbocycles. The molecule has 1 fully saturated rings. The molecule has 2 aliphatic rings. The number of benzene rings is 3. The minimum absolute atomic E-state index is 0.296. The van der Waals surface area contributed by atoms with Crippen LogP contribution in [0.3, 0.4) is 0 Å². The zero-order valence-electron chi connectivity index (χ0n) is 22.4. The number of nitrogens with one attached hydrogen (secondary N) is 2. The molecule has 3 aromatic carbocycles. The maximum Gasteiger partial charge on any atom is 0.332 e. The summed E-state index contributed by atoms with van der Waals surface area (Å²) in [5, 5.41) is 3.94. The van der Waals surface area contributed by atoms with Gasteiger partial charge in [-0.2, -0.15) is 0 Å². The molecule has 2 unspecified atom stereocenters. The van der Waals surface area contributed by atoms with Crippen LogP contribution in [0.15, 0.2) is 72.8 Å². The number of anilines is 1. The van der Waals surface area contributed by atoms with Crippen molar-refractivity contribution in [2.24, 2.45) is 0 Å². The Kier molecular flexibility index (Phi) is 6.22. The number of imide groups is 1. The van der Waals surface area contributed by atoms with Gasteiger partial charge in [-0.05, 0) is 47.2 Å². The molecule has 1 saturated heterocycles. The summed E-state index contributed by atoms with van der Waals surface area (Å²) in [6.45, 7) is 6.79. The Hall–Kier alpha value is -4.39. The average Bonchev–Trinajstić information content (AvgIpc) is 3.44. The lowest BCUT2D eigenvalue weighted by Gasteiger charge is -2.36. The second-order valence-electron chi connectivity index (χ2n) is 10.6. The van der Waals surface area contributed by atoms with Crippen molar-refractivity contribution >= 4 is 34.4 Å². The first-order valence-corrected chi connectivity index (χ1v) is 13.6. The first kappa shape index (κ1) is 24.9. The monoisotopic (exact) mass is 520 g/mol. The number of carbonyl (C=O) groups excluding carboxylic acids is 3. The van der Waals surface area contributed by atoms with Crippen LogP contribution >= 0.6 is 0 Å². The number of hydrogen-bond acceptors (Lipinski definition) is 3. The molecule has 0 spiro atoms. The summed E-state index contributed by atoms with van der Waals surface area (Å²) < 4.78 is 0. The number of urea groups is 1. The summed E-state index contributed by atoms with van der Waals surface area (Å²) in [4.78, 5) is 47.7. The number of aromatic amines is 1. The summed E-state index contributed by atoms with van der Waals surface area (Å²) in [6.07, 6.45) is 1.19. The zero-order valence-corrected chi connectivity index (χ0v) is 22.4. The molecular weight excluding hydrogens is 488 g/mol. The Morgan fingerprint density at radius 3 is 2.46 bits per heavy atom. The highest BCUT2D eigenvalue weighted by molar-refractivity contribution is 6.24. The van der Waals surface area contributed by atoms with Gasteiger partial charge < -0.3 is 10.3 Å². The SMILES string of the molecule is CCCNC(=O)c1ccccc1N1C(=O)C2Cc3c([nH]c4ccccc34)C(c3ccc(C(C)C)cc3)N2C1=O. The second-order valence-corrected chi connectivity index (χ2v) is 10.6. The van der Waals surface area contributed by atoms with Gasteiger partial charge >= 0.3 is 6.03 Å². The Bertz CT molecular complexity index is 1590. The fourth-order valence-corrected chi connectivity index (χ4v) is 5.90. The third-order valence-electron chi connectivity index (χ3n) is 7.89. The number of amides is 4. The van der Waals surface area contributed by atoms with Crippen LogP contribution in [0.1, 0.15) is 71.9 Å². The van der Waals surface area contributed by atoms with Gasteiger partial charge in [-0.15, -0.1) is 0 Å². The molecule has 2 N–H and O–H groups in total. The Labute approximate surface area is 227 Å². The number of rotatable bonds is 6. The smallest absolute Gasteiger partial charge is 0.332 e. The number of carbonyl (C=O) groups is 3. The molecule has 2 aliphatic heterocycles. The number of fused-ring (bicyclic) bond motifs is 4. The van der Waals surface area contributed by atoms with E-state index in [9.17, 15) is 14.4 Å². The highest BCUT2D eigenvalue weighted by Crippen LogP contribution is 2.45. The topological polar surface area (TPSA) is 85.5 Å². The number of para-hydroxylation sites is 2. The van der Waals surface area contributed by atoms with Gasteiger partial charge in [-0.25, -0.2) is 9.69 Å². The molecule has 4 aromatic rings. The minimum Gasteiger partial charge on any atom is -0.356 e. The van der Waals surface area contributed by atoms with Crippen molar-refractivity contribution < 1.29 is 14.4 Å². The second kappa shape index (κ2) is 9.73. The van der Waals surface area contributed by atoms with Crippen molar-refractivity contribution in [2.75, 3.05) is 11.4 Å². The van der Waals surface area contributed by atoms with Crippen LogP contribution in [0.25, 0.3) is 10.9 Å². The maximum atomic E-state index is 14.2. The molecule has 1 aromatic heterocycles. The van der Waals surface area contributed by atoms with E-state index in [-0.39, 0.29) is 11.8 Å². The van der Waals surface area contributed by atoms with Crippen molar-refractivity contribution in [1.29, 1.82) is 0 Å². The van der Waals surface area contributed by atoms with Gasteiger partial charge in [-0.3, -0.25) is 14.5 Å². The van der Waals surface area contributed by atoms with Gasteiger partial charge in [0.1, 0.15) is 12.1 Å². The van der Waals surface area contributed by atoms with Crippen LogP contribution in [0.5, 0.6) is 0 Å². The standard InChI is InChI=1S/C32H32N4O3/c1-4-17-33-30(37)23-10-6-8-12-26(23)36-31(38)27-18-24-22-9-5-7-11-25(22)34-28(24)29(35(27)32(36)39)21-15-13-20(14-16-21)19(2)3/h5-16,19,27,29,34H,4,17-18H2,1-3H3,(H,33,37). The van der Waals surface area contributed by atoms with Gasteiger partial charge in [-0.1, -0.05) is 75.4 Å². The number of nitrogens with zero attached hydrogens (tertiary/aromatic N) is 2. The highest BCUT2D eigenvalue weighted by atomic mass is 16.2. The van der Waals surface area contributed by atoms with E-state index in [1.807, 2.05) is 25.1 Å². The van der Waals surface area contributed by atoms with Gasteiger partial charge in [0.25, 0.3) is 11.8 Å². The van der Waals surface area contributed by atoms with E-state index in [1.54, 1.807) is 29.2 Å². The molecular formula is C32H32N4O3. The predicted molar refractivity (Wildman–Crippen MR) is 152 cm³/mol. The summed E-state index contributed by atoms with van der Waals surface area (Å²) >= 11 is 0. The summed E-state index contributed by atoms with van der Waals surface area (Å²) in [5.74, 6) is -0.229. The van der Waals surface area contributed by atoms with Crippen LogP contribution < -0.4 is 10.2 Å². The third kappa shape index (κ3) is 4.00. The van der Waals surface area contributed by atoms with E-state index in [2.05, 4.69) is 54.5 Å². The molecule has 0 aliphatic carbocycles. The summed E-state index contributed by atoms with van der Waals surface area (Å²) in [6, 6.07) is 21.7. The lowest BCUT2D eigenvalue weighted by Crippen LogP contribution is -2.44. The molecule has 2 atom stereocenters. The first-order chi connectivity index (χ1) is 18.9. The molecule has 7 heteroatoms. The Morgan fingerprint density at radius 2 is 1.72 bits per heavy atom. The fraction of sp³-hybridized carbons (Fsp3) is 0.281. The predicted octanol–water partition coefficient (Wildman–Crippen LogP) is 5.91. The maximum absolute atomic E-state index is 14.2. The first-order valence-electron chi connectivity index (χ1n) is 13.6.